The highest BCUT2D eigenvalue weighted by atomic mass is 32.2. The number of nitrogens with one attached hydrogen (secondary N) is 1. The molecule has 0 unspecified atom stereocenters. The number of fused-ring (bicyclic) bond motifs is 1. The highest BCUT2D eigenvalue weighted by Crippen LogP contribution is 2.19. The summed E-state index contributed by atoms with van der Waals surface area (Å²) in [6, 6.07) is 6.89. The minimum atomic E-state index is -4.03. The van der Waals surface area contributed by atoms with Gasteiger partial charge >= 0.3 is 5.91 Å². The highest BCUT2D eigenvalue weighted by Gasteiger charge is 2.25. The van der Waals surface area contributed by atoms with E-state index < -0.39 is 15.9 Å². The van der Waals surface area contributed by atoms with E-state index in [1.54, 1.807) is 52.0 Å². The van der Waals surface area contributed by atoms with E-state index in [2.05, 4.69) is 15.1 Å². The lowest BCUT2D eigenvalue weighted by molar-refractivity contribution is 0.0971. The van der Waals surface area contributed by atoms with Crippen molar-refractivity contribution in [2.75, 3.05) is 0 Å². The molecule has 1 N–H and O–H groups in total. The summed E-state index contributed by atoms with van der Waals surface area (Å²) in [5.41, 5.74) is 2.58. The average Bonchev–Trinajstić information content (AvgIpc) is 2.90. The lowest BCUT2D eigenvalue weighted by Gasteiger charge is -2.10. The number of carbonyl (C=O) groups excluding carboxylic acids is 1. The SMILES string of the molecule is Cc1cc(C)n2nc(C(=O)NS(=O)(=O)c3c(C)cccc3C)nc2n1. The quantitative estimate of drug-likeness (QED) is 0.759. The Morgan fingerprint density at radius 3 is 2.36 bits per heavy atom. The molecule has 0 fully saturated rings. The Balaban J connectivity index is 1.98. The standard InChI is InChI=1S/C16H17N5O3S/c1-9-6-5-7-10(2)13(9)25(23,24)20-15(22)14-18-16-17-11(3)8-12(4)21(16)19-14/h5-8H,1-4H3,(H,20,22). The number of amides is 1. The predicted molar refractivity (Wildman–Crippen MR) is 90.8 cm³/mol. The second-order valence-corrected chi connectivity index (χ2v) is 7.46. The van der Waals surface area contributed by atoms with Crippen LogP contribution in [0.3, 0.4) is 0 Å². The number of hydrogen-bond acceptors (Lipinski definition) is 6. The van der Waals surface area contributed by atoms with Crippen molar-refractivity contribution in [1.29, 1.82) is 0 Å². The summed E-state index contributed by atoms with van der Waals surface area (Å²) < 4.78 is 28.6. The van der Waals surface area contributed by atoms with Gasteiger partial charge in [-0.15, -0.1) is 5.10 Å². The van der Waals surface area contributed by atoms with Crippen LogP contribution in [0.15, 0.2) is 29.2 Å². The zero-order valence-electron chi connectivity index (χ0n) is 14.2. The van der Waals surface area contributed by atoms with E-state index in [1.165, 1.54) is 4.52 Å². The maximum Gasteiger partial charge on any atom is 0.304 e. The van der Waals surface area contributed by atoms with E-state index >= 15 is 0 Å². The molecule has 130 valence electrons. The molecule has 0 atom stereocenters. The van der Waals surface area contributed by atoms with Crippen molar-refractivity contribution < 1.29 is 13.2 Å². The minimum Gasteiger partial charge on any atom is -0.264 e. The molecule has 1 amide bonds. The van der Waals surface area contributed by atoms with Crippen LogP contribution in [-0.2, 0) is 10.0 Å². The maximum atomic E-state index is 12.6. The second-order valence-electron chi connectivity index (χ2n) is 5.84. The number of aromatic nitrogens is 4. The molecule has 0 aliphatic carbocycles. The van der Waals surface area contributed by atoms with Gasteiger partial charge < -0.3 is 0 Å². The first kappa shape index (κ1) is 17.0. The van der Waals surface area contributed by atoms with Gasteiger partial charge in [-0.2, -0.15) is 4.98 Å². The molecule has 0 saturated heterocycles. The smallest absolute Gasteiger partial charge is 0.264 e. The molecule has 0 saturated carbocycles. The van der Waals surface area contributed by atoms with Crippen LogP contribution in [0.5, 0.6) is 0 Å². The average molecular weight is 359 g/mol. The number of rotatable bonds is 3. The van der Waals surface area contributed by atoms with Crippen LogP contribution in [0.1, 0.15) is 33.1 Å². The summed E-state index contributed by atoms with van der Waals surface area (Å²) >= 11 is 0. The van der Waals surface area contributed by atoms with E-state index in [9.17, 15) is 13.2 Å². The van der Waals surface area contributed by atoms with Crippen molar-refractivity contribution in [3.63, 3.8) is 0 Å². The Bertz CT molecular complexity index is 1080. The lowest BCUT2D eigenvalue weighted by Crippen LogP contribution is -2.32. The number of sulfonamides is 1. The van der Waals surface area contributed by atoms with Gasteiger partial charge in [-0.3, -0.25) is 4.79 Å². The van der Waals surface area contributed by atoms with Crippen molar-refractivity contribution in [1.82, 2.24) is 24.3 Å². The van der Waals surface area contributed by atoms with Gasteiger partial charge in [0.1, 0.15) is 0 Å². The van der Waals surface area contributed by atoms with Crippen LogP contribution in [0.4, 0.5) is 0 Å². The molecule has 25 heavy (non-hydrogen) atoms. The third-order valence-electron chi connectivity index (χ3n) is 3.73. The molecule has 3 rings (SSSR count). The Hall–Kier alpha value is -2.81. The molecule has 2 heterocycles. The molecule has 0 aliphatic heterocycles. The van der Waals surface area contributed by atoms with E-state index in [0.717, 1.165) is 11.4 Å². The summed E-state index contributed by atoms with van der Waals surface area (Å²) in [6.45, 7) is 6.94. The van der Waals surface area contributed by atoms with E-state index in [4.69, 9.17) is 0 Å². The molecule has 0 radical (unpaired) electrons. The second kappa shape index (κ2) is 5.92. The third-order valence-corrected chi connectivity index (χ3v) is 5.36. The summed E-state index contributed by atoms with van der Waals surface area (Å²) in [7, 11) is -4.03. The molecule has 3 aromatic rings. The van der Waals surface area contributed by atoms with Gasteiger partial charge in [-0.05, 0) is 44.9 Å². The molecule has 0 spiro atoms. The Morgan fingerprint density at radius 1 is 1.08 bits per heavy atom. The minimum absolute atomic E-state index is 0.0808. The van der Waals surface area contributed by atoms with Gasteiger partial charge in [0.25, 0.3) is 15.8 Å². The molecule has 8 nitrogen and oxygen atoms in total. The molecule has 2 aromatic heterocycles. The van der Waals surface area contributed by atoms with Gasteiger partial charge in [-0.1, -0.05) is 18.2 Å². The number of aryl methyl sites for hydroxylation is 4. The highest BCUT2D eigenvalue weighted by molar-refractivity contribution is 7.90. The number of benzene rings is 1. The fraction of sp³-hybridized carbons (Fsp3) is 0.250. The first-order valence-electron chi connectivity index (χ1n) is 7.53. The van der Waals surface area contributed by atoms with Gasteiger partial charge in [0.15, 0.2) is 0 Å². The van der Waals surface area contributed by atoms with Crippen molar-refractivity contribution in [3.8, 4) is 0 Å². The zero-order valence-corrected chi connectivity index (χ0v) is 15.0. The lowest BCUT2D eigenvalue weighted by atomic mass is 10.2. The first-order valence-corrected chi connectivity index (χ1v) is 9.02. The fourth-order valence-electron chi connectivity index (χ4n) is 2.70. The summed E-state index contributed by atoms with van der Waals surface area (Å²) in [5.74, 6) is -0.909. The Morgan fingerprint density at radius 2 is 1.72 bits per heavy atom. The van der Waals surface area contributed by atoms with Crippen LogP contribution in [0.2, 0.25) is 0 Å². The van der Waals surface area contributed by atoms with E-state index in [-0.39, 0.29) is 16.5 Å². The van der Waals surface area contributed by atoms with Crippen LogP contribution < -0.4 is 4.72 Å². The van der Waals surface area contributed by atoms with Crippen molar-refractivity contribution >= 4 is 21.7 Å². The van der Waals surface area contributed by atoms with Gasteiger partial charge in [-0.25, -0.2) is 22.6 Å². The third kappa shape index (κ3) is 3.10. The van der Waals surface area contributed by atoms with Crippen LogP contribution in [0, 0.1) is 27.7 Å². The first-order chi connectivity index (χ1) is 11.7. The monoisotopic (exact) mass is 359 g/mol. The topological polar surface area (TPSA) is 106 Å². The largest absolute Gasteiger partial charge is 0.304 e. The Labute approximate surface area is 145 Å². The normalized spacial score (nSPS) is 11.7. The van der Waals surface area contributed by atoms with Crippen molar-refractivity contribution in [2.45, 2.75) is 32.6 Å². The molecular weight excluding hydrogens is 342 g/mol. The van der Waals surface area contributed by atoms with Gasteiger partial charge in [0.05, 0.1) is 4.90 Å². The number of carbonyl (C=O) groups is 1. The predicted octanol–water partition coefficient (Wildman–Crippen LogP) is 1.48. The molecular formula is C16H17N5O3S. The van der Waals surface area contributed by atoms with Gasteiger partial charge in [0, 0.05) is 11.4 Å². The van der Waals surface area contributed by atoms with E-state index in [0.29, 0.717) is 11.1 Å². The fourth-order valence-corrected chi connectivity index (χ4v) is 4.13. The van der Waals surface area contributed by atoms with Crippen molar-refractivity contribution in [2.24, 2.45) is 0 Å². The Kier molecular flexibility index (Phi) is 4.03. The molecule has 1 aromatic carbocycles. The number of nitrogens with zero attached hydrogens (tertiary/aromatic N) is 4. The number of hydrogen-bond donors (Lipinski definition) is 1. The van der Waals surface area contributed by atoms with Crippen LogP contribution >= 0.6 is 0 Å². The van der Waals surface area contributed by atoms with Gasteiger partial charge in [0.2, 0.25) is 5.82 Å². The maximum absolute atomic E-state index is 12.6. The molecule has 0 aliphatic rings. The molecule has 9 heteroatoms. The van der Waals surface area contributed by atoms with E-state index in [1.807, 2.05) is 4.72 Å². The summed E-state index contributed by atoms with van der Waals surface area (Å²) in [5, 5.41) is 4.04. The molecule has 0 bridgehead atoms. The summed E-state index contributed by atoms with van der Waals surface area (Å²) in [6.07, 6.45) is 0. The zero-order chi connectivity index (χ0) is 18.4. The van der Waals surface area contributed by atoms with Crippen LogP contribution in [0.25, 0.3) is 5.78 Å². The summed E-state index contributed by atoms with van der Waals surface area (Å²) in [4.78, 5) is 20.7. The van der Waals surface area contributed by atoms with Crippen LogP contribution in [-0.4, -0.2) is 33.9 Å². The van der Waals surface area contributed by atoms with Crippen molar-refractivity contribution in [3.05, 3.63) is 52.6 Å².